The number of hydrogen-bond donors (Lipinski definition) is 0. The van der Waals surface area contributed by atoms with Crippen LogP contribution in [0.4, 0.5) is 0 Å². The van der Waals surface area contributed by atoms with Crippen molar-refractivity contribution in [1.29, 1.82) is 0 Å². The summed E-state index contributed by atoms with van der Waals surface area (Å²) in [6.07, 6.45) is 2.19. The number of rotatable bonds is 10. The Morgan fingerprint density at radius 1 is 1.00 bits per heavy atom. The molecule has 0 spiro atoms. The number of ether oxygens (including phenoxy) is 1. The van der Waals surface area contributed by atoms with E-state index in [0.717, 1.165) is 29.6 Å². The number of carbonyl (C=O) groups is 1. The molecular formula is C27H37NO5Si. The van der Waals surface area contributed by atoms with Crippen molar-refractivity contribution in [2.45, 2.75) is 77.5 Å². The van der Waals surface area contributed by atoms with Gasteiger partial charge in [-0.25, -0.2) is 4.79 Å². The molecule has 0 amide bonds. The van der Waals surface area contributed by atoms with Gasteiger partial charge in [0.05, 0.1) is 11.5 Å². The highest BCUT2D eigenvalue weighted by atomic mass is 28.4. The molecule has 0 saturated carbocycles. The summed E-state index contributed by atoms with van der Waals surface area (Å²) >= 11 is 0. The van der Waals surface area contributed by atoms with Crippen LogP contribution >= 0.6 is 0 Å². The molecule has 1 aliphatic rings. The quantitative estimate of drug-likeness (QED) is 0.218. The van der Waals surface area contributed by atoms with Gasteiger partial charge in [0.25, 0.3) is 8.32 Å². The number of unbranched alkanes of at least 4 members (excludes halogenated alkanes) is 2. The van der Waals surface area contributed by atoms with Crippen molar-refractivity contribution in [3.63, 3.8) is 0 Å². The van der Waals surface area contributed by atoms with Crippen LogP contribution in [0.1, 0.15) is 60.3 Å². The molecule has 0 radical (unpaired) electrons. The molecule has 2 aromatic rings. The highest BCUT2D eigenvalue weighted by Gasteiger charge is 2.57. The highest BCUT2D eigenvalue weighted by molar-refractivity contribution is 6.99. The fraction of sp³-hybridized carbons (Fsp3) is 0.481. The van der Waals surface area contributed by atoms with E-state index in [0.29, 0.717) is 11.3 Å². The lowest BCUT2D eigenvalue weighted by atomic mass is 10.0. The number of benzene rings is 2. The van der Waals surface area contributed by atoms with Crippen molar-refractivity contribution in [3.8, 4) is 0 Å². The first-order valence-corrected chi connectivity index (χ1v) is 14.1. The van der Waals surface area contributed by atoms with E-state index < -0.39 is 26.5 Å². The van der Waals surface area contributed by atoms with Crippen LogP contribution in [0.2, 0.25) is 5.04 Å². The minimum Gasteiger partial charge on any atom is -0.458 e. The normalized spacial score (nSPS) is 18.6. The predicted octanol–water partition coefficient (Wildman–Crippen LogP) is 4.34. The molecule has 2 atom stereocenters. The minimum absolute atomic E-state index is 0.101. The van der Waals surface area contributed by atoms with Gasteiger partial charge in [-0.15, -0.1) is 0 Å². The Hall–Kier alpha value is -2.64. The predicted molar refractivity (Wildman–Crippen MR) is 137 cm³/mol. The van der Waals surface area contributed by atoms with E-state index >= 15 is 0 Å². The largest absolute Gasteiger partial charge is 0.458 e. The first kappa shape index (κ1) is 26.0. The monoisotopic (exact) mass is 483 g/mol. The lowest BCUT2D eigenvalue weighted by Gasteiger charge is -2.44. The molecule has 0 saturated heterocycles. The summed E-state index contributed by atoms with van der Waals surface area (Å²) in [4.78, 5) is 18.9. The zero-order chi connectivity index (χ0) is 24.8. The lowest BCUT2D eigenvalue weighted by molar-refractivity contribution is -0.740. The van der Waals surface area contributed by atoms with E-state index in [9.17, 15) is 10.0 Å². The van der Waals surface area contributed by atoms with Gasteiger partial charge in [-0.3, -0.25) is 5.21 Å². The summed E-state index contributed by atoms with van der Waals surface area (Å²) in [5.74, 6) is -0.682. The Morgan fingerprint density at radius 3 is 2.03 bits per heavy atom. The van der Waals surface area contributed by atoms with Gasteiger partial charge in [-0.1, -0.05) is 108 Å². The van der Waals surface area contributed by atoms with Crippen LogP contribution < -0.4 is 10.4 Å². The van der Waals surface area contributed by atoms with E-state index in [1.54, 1.807) is 6.92 Å². The Labute approximate surface area is 204 Å². The van der Waals surface area contributed by atoms with Gasteiger partial charge >= 0.3 is 11.7 Å². The van der Waals surface area contributed by atoms with Gasteiger partial charge in [0, 0.05) is 0 Å². The lowest BCUT2D eigenvalue weighted by Crippen LogP contribution is -2.69. The van der Waals surface area contributed by atoms with Crippen molar-refractivity contribution in [2.24, 2.45) is 0 Å². The van der Waals surface area contributed by atoms with Crippen LogP contribution in [0, 0.1) is 5.21 Å². The summed E-state index contributed by atoms with van der Waals surface area (Å²) in [7, 11) is -3.02. The first-order chi connectivity index (χ1) is 16.3. The van der Waals surface area contributed by atoms with E-state index in [-0.39, 0.29) is 17.4 Å². The second-order valence-corrected chi connectivity index (χ2v) is 14.0. The average molecular weight is 484 g/mol. The third-order valence-electron chi connectivity index (χ3n) is 6.33. The number of carbonyl (C=O) groups excluding carboxylic acids is 1. The molecule has 3 rings (SSSR count). The Balaban J connectivity index is 2.17. The molecule has 1 aliphatic heterocycles. The molecule has 0 bridgehead atoms. The van der Waals surface area contributed by atoms with Crippen LogP contribution in [0.15, 0.2) is 60.7 Å². The summed E-state index contributed by atoms with van der Waals surface area (Å²) in [6, 6.07) is 20.4. The van der Waals surface area contributed by atoms with Crippen LogP contribution in [0.3, 0.4) is 0 Å². The maximum absolute atomic E-state index is 12.9. The van der Waals surface area contributed by atoms with Gasteiger partial charge in [-0.2, -0.15) is 0 Å². The fourth-order valence-corrected chi connectivity index (χ4v) is 9.38. The van der Waals surface area contributed by atoms with Gasteiger partial charge in [-0.05, 0) is 28.8 Å². The van der Waals surface area contributed by atoms with Crippen molar-refractivity contribution in [3.05, 3.63) is 65.9 Å². The second-order valence-electron chi connectivity index (χ2n) is 9.70. The second kappa shape index (κ2) is 11.2. The molecule has 6 nitrogen and oxygen atoms in total. The fourth-order valence-electron chi connectivity index (χ4n) is 4.72. The first-order valence-electron chi connectivity index (χ1n) is 12.2. The van der Waals surface area contributed by atoms with Gasteiger partial charge < -0.3 is 14.0 Å². The smallest absolute Gasteiger partial charge is 0.408 e. The molecule has 7 heteroatoms. The van der Waals surface area contributed by atoms with Crippen molar-refractivity contribution in [2.75, 3.05) is 6.61 Å². The van der Waals surface area contributed by atoms with Crippen molar-refractivity contribution < 1.29 is 23.7 Å². The zero-order valence-corrected chi connectivity index (χ0v) is 22.0. The number of nitrogens with zero attached hydrogens (tertiary/aromatic N) is 1. The summed E-state index contributed by atoms with van der Waals surface area (Å²) in [6.45, 7) is 10.5. The third-order valence-corrected chi connectivity index (χ3v) is 11.3. The summed E-state index contributed by atoms with van der Waals surface area (Å²) < 4.78 is 12.4. The van der Waals surface area contributed by atoms with E-state index in [2.05, 4.69) is 52.0 Å². The molecular weight excluding hydrogens is 446 g/mol. The van der Waals surface area contributed by atoms with E-state index in [1.165, 1.54) is 0 Å². The highest BCUT2D eigenvalue weighted by Crippen LogP contribution is 2.39. The topological polar surface area (TPSA) is 70.8 Å². The molecule has 2 aromatic carbocycles. The number of hydrogen-bond acceptors (Lipinski definition) is 5. The van der Waals surface area contributed by atoms with Crippen molar-refractivity contribution >= 4 is 30.4 Å². The number of esters is 1. The molecule has 1 heterocycles. The van der Waals surface area contributed by atoms with Crippen molar-refractivity contribution in [1.82, 2.24) is 0 Å². The summed E-state index contributed by atoms with van der Waals surface area (Å²) in [5, 5.41) is 14.7. The van der Waals surface area contributed by atoms with E-state index in [1.807, 2.05) is 36.4 Å². The average Bonchev–Trinajstić information content (AvgIpc) is 3.12. The molecule has 0 aliphatic carbocycles. The molecule has 0 N–H and O–H groups in total. The third kappa shape index (κ3) is 5.20. The van der Waals surface area contributed by atoms with E-state index in [4.69, 9.17) is 14.0 Å². The van der Waals surface area contributed by atoms with Gasteiger partial charge in [0.2, 0.25) is 0 Å². The Morgan fingerprint density at radius 2 is 1.56 bits per heavy atom. The molecule has 0 unspecified atom stereocenters. The molecule has 184 valence electrons. The zero-order valence-electron chi connectivity index (χ0n) is 21.0. The molecule has 0 fully saturated rings. The molecule has 34 heavy (non-hydrogen) atoms. The SMILES string of the molecule is CCCCC[C@@H]1O[N+]([O-])=C(C(=O)OCC)[C@@H]1O[Si](c1ccccc1)(c1ccccc1)C(C)(C)C. The minimum atomic E-state index is -3.02. The van der Waals surface area contributed by atoms with Crippen LogP contribution in [-0.4, -0.2) is 43.7 Å². The Kier molecular flexibility index (Phi) is 8.55. The maximum Gasteiger partial charge on any atom is 0.408 e. The van der Waals surface area contributed by atoms with Crippen LogP contribution in [0.25, 0.3) is 0 Å². The standard InChI is InChI=1S/C27H37NO5Si/c1-6-8-11-20-23-25(24(28(30)32-23)26(29)31-7-2)33-34(27(3,4)5,21-16-12-9-13-17-21)22-18-14-10-15-19-22/h9-10,12-19,23,25H,6-8,11,20H2,1-5H3/t23-,25+/m0/s1. The van der Waals surface area contributed by atoms with Gasteiger partial charge in [0.15, 0.2) is 6.10 Å². The summed E-state index contributed by atoms with van der Waals surface area (Å²) in [5.41, 5.74) is -0.101. The molecule has 0 aromatic heterocycles. The van der Waals surface area contributed by atoms with Crippen LogP contribution in [-0.2, 0) is 18.8 Å². The van der Waals surface area contributed by atoms with Crippen LogP contribution in [0.5, 0.6) is 0 Å². The Bertz CT molecular complexity index is 932. The maximum atomic E-state index is 12.9. The van der Waals surface area contributed by atoms with Gasteiger partial charge in [0.1, 0.15) is 6.10 Å².